The fraction of sp³-hybridized carbons (Fsp3) is 0.211. The predicted octanol–water partition coefficient (Wildman–Crippen LogP) is 2.64. The van der Waals surface area contributed by atoms with Crippen molar-refractivity contribution in [3.05, 3.63) is 70.1 Å². The van der Waals surface area contributed by atoms with Crippen molar-refractivity contribution in [1.82, 2.24) is 15.5 Å². The largest absolute Gasteiger partial charge is 0.493 e. The molecule has 0 spiro atoms. The number of nitrogens with zero attached hydrogens (tertiary/aromatic N) is 1. The van der Waals surface area contributed by atoms with E-state index in [1.807, 2.05) is 31.2 Å². The Morgan fingerprint density at radius 1 is 1.12 bits per heavy atom. The van der Waals surface area contributed by atoms with Crippen LogP contribution in [0.4, 0.5) is 0 Å². The average Bonchev–Trinajstić information content (AvgIpc) is 2.65. The number of hydrogen-bond donors (Lipinski definition) is 2. The third-order valence-corrected chi connectivity index (χ3v) is 3.78. The Balaban J connectivity index is 1.81. The van der Waals surface area contributed by atoms with Crippen molar-refractivity contribution in [1.29, 1.82) is 0 Å². The first-order valence-electron chi connectivity index (χ1n) is 8.17. The number of hydrogen-bond acceptors (Lipinski definition) is 4. The summed E-state index contributed by atoms with van der Waals surface area (Å²) in [7, 11) is 0. The van der Waals surface area contributed by atoms with Crippen LogP contribution in [0.3, 0.4) is 0 Å². The molecule has 0 fully saturated rings. The van der Waals surface area contributed by atoms with Gasteiger partial charge in [0.25, 0.3) is 11.5 Å². The van der Waals surface area contributed by atoms with Crippen molar-refractivity contribution in [3.63, 3.8) is 0 Å². The van der Waals surface area contributed by atoms with Crippen LogP contribution >= 0.6 is 0 Å². The molecule has 1 aromatic heterocycles. The Morgan fingerprint density at radius 3 is 2.64 bits per heavy atom. The van der Waals surface area contributed by atoms with Crippen LogP contribution in [0.25, 0.3) is 10.8 Å². The molecule has 3 aromatic rings. The van der Waals surface area contributed by atoms with E-state index in [9.17, 15) is 9.59 Å². The van der Waals surface area contributed by atoms with Gasteiger partial charge in [-0.3, -0.25) is 9.59 Å². The summed E-state index contributed by atoms with van der Waals surface area (Å²) in [6, 6.07) is 14.5. The van der Waals surface area contributed by atoms with Crippen LogP contribution in [-0.4, -0.2) is 22.7 Å². The zero-order chi connectivity index (χ0) is 17.6. The highest BCUT2D eigenvalue weighted by molar-refractivity contribution is 6.04. The number of benzene rings is 2. The molecule has 0 aliphatic carbocycles. The molecule has 6 nitrogen and oxygen atoms in total. The van der Waals surface area contributed by atoms with Gasteiger partial charge in [0.1, 0.15) is 5.75 Å². The van der Waals surface area contributed by atoms with Gasteiger partial charge in [-0.1, -0.05) is 43.3 Å². The smallest absolute Gasteiger partial charge is 0.272 e. The molecule has 0 saturated carbocycles. The monoisotopic (exact) mass is 337 g/mol. The molecule has 3 rings (SSSR count). The van der Waals surface area contributed by atoms with Gasteiger partial charge in [-0.15, -0.1) is 0 Å². The highest BCUT2D eigenvalue weighted by atomic mass is 16.5. The molecule has 128 valence electrons. The van der Waals surface area contributed by atoms with Crippen molar-refractivity contribution < 1.29 is 9.53 Å². The SMILES string of the molecule is CCCOc1ccccc1CNC(=O)c1n[nH]c(=O)c2ccccc12. The van der Waals surface area contributed by atoms with Crippen LogP contribution in [0.15, 0.2) is 53.3 Å². The summed E-state index contributed by atoms with van der Waals surface area (Å²) in [5.41, 5.74) is 0.769. The standard InChI is InChI=1S/C19H19N3O3/c1-2-11-25-16-10-6-3-7-13(16)12-20-19(24)17-14-8-4-5-9-15(14)18(23)22-21-17/h3-10H,2,11-12H2,1H3,(H,20,24)(H,22,23). The highest BCUT2D eigenvalue weighted by Crippen LogP contribution is 2.18. The number of rotatable bonds is 6. The van der Waals surface area contributed by atoms with E-state index in [4.69, 9.17) is 4.74 Å². The molecule has 25 heavy (non-hydrogen) atoms. The van der Waals surface area contributed by atoms with Gasteiger partial charge >= 0.3 is 0 Å². The molecule has 0 atom stereocenters. The van der Waals surface area contributed by atoms with Crippen molar-refractivity contribution in [2.24, 2.45) is 0 Å². The van der Waals surface area contributed by atoms with E-state index in [1.54, 1.807) is 24.3 Å². The minimum Gasteiger partial charge on any atom is -0.493 e. The van der Waals surface area contributed by atoms with Crippen LogP contribution in [0.1, 0.15) is 29.4 Å². The summed E-state index contributed by atoms with van der Waals surface area (Å²) in [6.45, 7) is 2.97. The maximum Gasteiger partial charge on any atom is 0.272 e. The van der Waals surface area contributed by atoms with Crippen molar-refractivity contribution in [2.45, 2.75) is 19.9 Å². The molecule has 6 heteroatoms. The van der Waals surface area contributed by atoms with Gasteiger partial charge in [-0.05, 0) is 18.6 Å². The number of carbonyl (C=O) groups excluding carboxylic acids is 1. The second-order valence-corrected chi connectivity index (χ2v) is 5.59. The number of ether oxygens (including phenoxy) is 1. The zero-order valence-corrected chi connectivity index (χ0v) is 13.9. The summed E-state index contributed by atoms with van der Waals surface area (Å²) in [5.74, 6) is 0.404. The summed E-state index contributed by atoms with van der Waals surface area (Å²) in [6.07, 6.45) is 0.911. The fourth-order valence-corrected chi connectivity index (χ4v) is 2.55. The van der Waals surface area contributed by atoms with Crippen LogP contribution in [0.2, 0.25) is 0 Å². The Hall–Kier alpha value is -3.15. The summed E-state index contributed by atoms with van der Waals surface area (Å²) in [5, 5.41) is 10.1. The van der Waals surface area contributed by atoms with Crippen molar-refractivity contribution in [2.75, 3.05) is 6.61 Å². The lowest BCUT2D eigenvalue weighted by atomic mass is 10.1. The Bertz CT molecular complexity index is 950. The average molecular weight is 337 g/mol. The molecule has 0 bridgehead atoms. The molecule has 2 aromatic carbocycles. The predicted molar refractivity (Wildman–Crippen MR) is 95.8 cm³/mol. The lowest BCUT2D eigenvalue weighted by Crippen LogP contribution is -2.26. The number of H-pyrrole nitrogens is 1. The van der Waals surface area contributed by atoms with Gasteiger partial charge in [0.2, 0.25) is 0 Å². The van der Waals surface area contributed by atoms with E-state index in [2.05, 4.69) is 15.5 Å². The van der Waals surface area contributed by atoms with E-state index < -0.39 is 0 Å². The van der Waals surface area contributed by atoms with Gasteiger partial charge in [-0.25, -0.2) is 5.10 Å². The first-order chi connectivity index (χ1) is 12.2. The van der Waals surface area contributed by atoms with Crippen LogP contribution in [-0.2, 0) is 6.54 Å². The fourth-order valence-electron chi connectivity index (χ4n) is 2.55. The Morgan fingerprint density at radius 2 is 1.84 bits per heavy atom. The highest BCUT2D eigenvalue weighted by Gasteiger charge is 2.14. The lowest BCUT2D eigenvalue weighted by Gasteiger charge is -2.12. The minimum atomic E-state index is -0.349. The summed E-state index contributed by atoms with van der Waals surface area (Å²) < 4.78 is 5.70. The minimum absolute atomic E-state index is 0.196. The van der Waals surface area contributed by atoms with E-state index >= 15 is 0 Å². The van der Waals surface area contributed by atoms with E-state index in [1.165, 1.54) is 0 Å². The maximum atomic E-state index is 12.5. The zero-order valence-electron chi connectivity index (χ0n) is 13.9. The van der Waals surface area contributed by atoms with Gasteiger partial charge in [0.15, 0.2) is 5.69 Å². The van der Waals surface area contributed by atoms with Crippen molar-refractivity contribution in [3.8, 4) is 5.75 Å². The lowest BCUT2D eigenvalue weighted by molar-refractivity contribution is 0.0946. The van der Waals surface area contributed by atoms with Gasteiger partial charge in [0, 0.05) is 17.5 Å². The molecule has 0 aliphatic heterocycles. The van der Waals surface area contributed by atoms with Gasteiger partial charge in [0.05, 0.1) is 12.0 Å². The second-order valence-electron chi connectivity index (χ2n) is 5.59. The number of para-hydroxylation sites is 1. The number of fused-ring (bicyclic) bond motifs is 1. The number of aromatic nitrogens is 2. The molecule has 0 radical (unpaired) electrons. The Labute approximate surface area is 144 Å². The number of nitrogens with one attached hydrogen (secondary N) is 2. The third-order valence-electron chi connectivity index (χ3n) is 3.78. The van der Waals surface area contributed by atoms with Gasteiger partial charge in [-0.2, -0.15) is 5.10 Å². The van der Waals surface area contributed by atoms with Gasteiger partial charge < -0.3 is 10.1 Å². The quantitative estimate of drug-likeness (QED) is 0.724. The molecule has 1 heterocycles. The number of amides is 1. The second kappa shape index (κ2) is 7.61. The van der Waals surface area contributed by atoms with E-state index in [-0.39, 0.29) is 17.2 Å². The molecular formula is C19H19N3O3. The third kappa shape index (κ3) is 3.68. The summed E-state index contributed by atoms with van der Waals surface area (Å²) >= 11 is 0. The van der Waals surface area contributed by atoms with E-state index in [0.717, 1.165) is 17.7 Å². The topological polar surface area (TPSA) is 84.1 Å². The molecule has 0 aliphatic rings. The number of carbonyl (C=O) groups is 1. The molecule has 1 amide bonds. The van der Waals surface area contributed by atoms with Crippen LogP contribution < -0.4 is 15.6 Å². The molecule has 0 unspecified atom stereocenters. The molecule has 0 saturated heterocycles. The van der Waals surface area contributed by atoms with Crippen LogP contribution in [0.5, 0.6) is 5.75 Å². The molecule has 2 N–H and O–H groups in total. The summed E-state index contributed by atoms with van der Waals surface area (Å²) in [4.78, 5) is 24.3. The number of aromatic amines is 1. The van der Waals surface area contributed by atoms with E-state index in [0.29, 0.717) is 23.9 Å². The first-order valence-corrected chi connectivity index (χ1v) is 8.17. The maximum absolute atomic E-state index is 12.5. The molecular weight excluding hydrogens is 318 g/mol. The van der Waals surface area contributed by atoms with Crippen LogP contribution in [0, 0.1) is 0 Å². The van der Waals surface area contributed by atoms with Crippen molar-refractivity contribution >= 4 is 16.7 Å². The first kappa shape index (κ1) is 16.7. The normalized spacial score (nSPS) is 10.6. The Kier molecular flexibility index (Phi) is 5.09.